The molecule has 0 bridgehead atoms. The molecule has 1 aliphatic rings. The summed E-state index contributed by atoms with van der Waals surface area (Å²) in [6.07, 6.45) is 4.23. The van der Waals surface area contributed by atoms with Crippen LogP contribution in [0.15, 0.2) is 21.3 Å². The summed E-state index contributed by atoms with van der Waals surface area (Å²) < 4.78 is 1.70. The average molecular weight is 278 g/mol. The van der Waals surface area contributed by atoms with Gasteiger partial charge in [-0.2, -0.15) is 0 Å². The Labute approximate surface area is 113 Å². The van der Waals surface area contributed by atoms with Gasteiger partial charge in [0.2, 0.25) is 0 Å². The lowest BCUT2D eigenvalue weighted by molar-refractivity contribution is 0.642. The minimum absolute atomic E-state index is 0.162. The molecule has 0 atom stereocenters. The average Bonchev–Trinajstić information content (AvgIpc) is 3.15. The number of aromatic nitrogens is 5. The van der Waals surface area contributed by atoms with E-state index < -0.39 is 0 Å². The molecule has 0 saturated heterocycles. The van der Waals surface area contributed by atoms with Gasteiger partial charge >= 0.3 is 5.69 Å². The lowest BCUT2D eigenvalue weighted by atomic mass is 10.2. The lowest BCUT2D eigenvalue weighted by Crippen LogP contribution is -2.16. The standard InChI is InChI=1S/C11H14N6OS/c1-2-7-8(12)13-5-14-9(7)19-11-16-15-10(18)17(11)6-3-4-6/h5-6H,2-4H2,1H3,(H,15,18)(H2,12,13,14). The van der Waals surface area contributed by atoms with Crippen molar-refractivity contribution in [3.05, 3.63) is 22.4 Å². The minimum Gasteiger partial charge on any atom is -0.383 e. The van der Waals surface area contributed by atoms with Gasteiger partial charge in [-0.1, -0.05) is 6.92 Å². The smallest absolute Gasteiger partial charge is 0.344 e. The predicted molar refractivity (Wildman–Crippen MR) is 71.1 cm³/mol. The molecule has 7 nitrogen and oxygen atoms in total. The molecule has 2 heterocycles. The van der Waals surface area contributed by atoms with Crippen molar-refractivity contribution >= 4 is 17.6 Å². The quantitative estimate of drug-likeness (QED) is 0.809. The van der Waals surface area contributed by atoms with E-state index in [1.165, 1.54) is 18.1 Å². The zero-order valence-electron chi connectivity index (χ0n) is 10.5. The summed E-state index contributed by atoms with van der Waals surface area (Å²) in [6, 6.07) is 0.276. The van der Waals surface area contributed by atoms with Crippen LogP contribution in [0.1, 0.15) is 31.4 Å². The number of anilines is 1. The topological polar surface area (TPSA) is 102 Å². The van der Waals surface area contributed by atoms with E-state index in [9.17, 15) is 4.79 Å². The van der Waals surface area contributed by atoms with Crippen LogP contribution in [0.3, 0.4) is 0 Å². The van der Waals surface area contributed by atoms with Crippen LogP contribution in [-0.2, 0) is 6.42 Å². The van der Waals surface area contributed by atoms with E-state index in [1.807, 2.05) is 6.92 Å². The first-order valence-electron chi connectivity index (χ1n) is 6.14. The number of aromatic amines is 1. The van der Waals surface area contributed by atoms with Gasteiger partial charge in [-0.05, 0) is 31.0 Å². The van der Waals surface area contributed by atoms with Gasteiger partial charge in [0.1, 0.15) is 17.2 Å². The molecule has 0 aromatic carbocycles. The number of nitrogens with one attached hydrogen (secondary N) is 1. The van der Waals surface area contributed by atoms with E-state index in [0.29, 0.717) is 11.0 Å². The van der Waals surface area contributed by atoms with Crippen molar-refractivity contribution in [3.8, 4) is 0 Å². The molecule has 1 fully saturated rings. The fraction of sp³-hybridized carbons (Fsp3) is 0.455. The largest absolute Gasteiger partial charge is 0.383 e. The first-order chi connectivity index (χ1) is 9.20. The Bertz CT molecular complexity index is 659. The Morgan fingerprint density at radius 3 is 3.00 bits per heavy atom. The molecule has 0 unspecified atom stereocenters. The lowest BCUT2D eigenvalue weighted by Gasteiger charge is -2.08. The molecular formula is C11H14N6OS. The molecule has 0 spiro atoms. The normalized spacial score (nSPS) is 14.8. The summed E-state index contributed by atoms with van der Waals surface area (Å²) in [5, 5.41) is 7.96. The summed E-state index contributed by atoms with van der Waals surface area (Å²) in [6.45, 7) is 2.00. The number of hydrogen-bond donors (Lipinski definition) is 2. The number of nitrogens with two attached hydrogens (primary N) is 1. The minimum atomic E-state index is -0.162. The van der Waals surface area contributed by atoms with Gasteiger partial charge in [0.05, 0.1) is 0 Å². The number of H-pyrrole nitrogens is 1. The number of nitrogen functional groups attached to an aromatic ring is 1. The van der Waals surface area contributed by atoms with E-state index in [4.69, 9.17) is 5.73 Å². The molecule has 100 valence electrons. The molecular weight excluding hydrogens is 264 g/mol. The third-order valence-corrected chi connectivity index (χ3v) is 4.08. The van der Waals surface area contributed by atoms with Crippen molar-refractivity contribution < 1.29 is 0 Å². The number of rotatable bonds is 4. The van der Waals surface area contributed by atoms with E-state index in [2.05, 4.69) is 20.2 Å². The van der Waals surface area contributed by atoms with Crippen LogP contribution in [0.2, 0.25) is 0 Å². The second-order valence-electron chi connectivity index (χ2n) is 4.41. The maximum absolute atomic E-state index is 11.7. The Kier molecular flexibility index (Phi) is 3.02. The SMILES string of the molecule is CCc1c(N)ncnc1Sc1n[nH]c(=O)n1C1CC1. The Morgan fingerprint density at radius 1 is 1.53 bits per heavy atom. The predicted octanol–water partition coefficient (Wildman–Crippen LogP) is 0.992. The molecule has 3 N–H and O–H groups in total. The highest BCUT2D eigenvalue weighted by Crippen LogP contribution is 2.38. The number of nitrogens with zero attached hydrogens (tertiary/aromatic N) is 4. The zero-order valence-corrected chi connectivity index (χ0v) is 11.3. The van der Waals surface area contributed by atoms with Crippen molar-refractivity contribution in [2.75, 3.05) is 5.73 Å². The van der Waals surface area contributed by atoms with Crippen molar-refractivity contribution in [2.45, 2.75) is 42.4 Å². The van der Waals surface area contributed by atoms with Crippen LogP contribution < -0.4 is 11.4 Å². The van der Waals surface area contributed by atoms with Crippen molar-refractivity contribution in [2.24, 2.45) is 0 Å². The van der Waals surface area contributed by atoms with Gasteiger partial charge in [0.25, 0.3) is 0 Å². The van der Waals surface area contributed by atoms with Gasteiger partial charge in [-0.3, -0.25) is 4.57 Å². The second kappa shape index (κ2) is 4.69. The van der Waals surface area contributed by atoms with Crippen molar-refractivity contribution in [1.29, 1.82) is 0 Å². The maximum Gasteiger partial charge on any atom is 0.344 e. The highest BCUT2D eigenvalue weighted by atomic mass is 32.2. The third-order valence-electron chi connectivity index (χ3n) is 3.06. The highest BCUT2D eigenvalue weighted by Gasteiger charge is 2.29. The van der Waals surface area contributed by atoms with Gasteiger partial charge in [-0.25, -0.2) is 19.9 Å². The zero-order chi connectivity index (χ0) is 13.4. The Balaban J connectivity index is 1.98. The molecule has 19 heavy (non-hydrogen) atoms. The maximum atomic E-state index is 11.7. The molecule has 0 aliphatic heterocycles. The molecule has 2 aromatic heterocycles. The van der Waals surface area contributed by atoms with Gasteiger partial charge in [0.15, 0.2) is 5.16 Å². The van der Waals surface area contributed by atoms with Crippen LogP contribution in [-0.4, -0.2) is 24.7 Å². The first-order valence-corrected chi connectivity index (χ1v) is 6.96. The summed E-state index contributed by atoms with van der Waals surface area (Å²) in [5.41, 5.74) is 6.57. The van der Waals surface area contributed by atoms with E-state index >= 15 is 0 Å². The molecule has 2 aromatic rings. The fourth-order valence-corrected chi connectivity index (χ4v) is 3.00. The summed E-state index contributed by atoms with van der Waals surface area (Å²) >= 11 is 1.36. The molecule has 0 radical (unpaired) electrons. The van der Waals surface area contributed by atoms with Crippen LogP contribution in [0.25, 0.3) is 0 Å². The molecule has 3 rings (SSSR count). The Morgan fingerprint density at radius 2 is 2.32 bits per heavy atom. The van der Waals surface area contributed by atoms with Crippen LogP contribution >= 0.6 is 11.8 Å². The van der Waals surface area contributed by atoms with E-state index in [1.54, 1.807) is 4.57 Å². The summed E-state index contributed by atoms with van der Waals surface area (Å²) in [4.78, 5) is 19.9. The molecule has 0 amide bonds. The van der Waals surface area contributed by atoms with Gasteiger partial charge < -0.3 is 5.73 Å². The summed E-state index contributed by atoms with van der Waals surface area (Å²) in [7, 11) is 0. The van der Waals surface area contributed by atoms with E-state index in [-0.39, 0.29) is 11.7 Å². The molecule has 1 aliphatic carbocycles. The van der Waals surface area contributed by atoms with Crippen molar-refractivity contribution in [3.63, 3.8) is 0 Å². The van der Waals surface area contributed by atoms with Crippen LogP contribution in [0.5, 0.6) is 0 Å². The van der Waals surface area contributed by atoms with Crippen molar-refractivity contribution in [1.82, 2.24) is 24.7 Å². The monoisotopic (exact) mass is 278 g/mol. The van der Waals surface area contributed by atoms with Gasteiger partial charge in [0, 0.05) is 11.6 Å². The second-order valence-corrected chi connectivity index (χ2v) is 5.37. The van der Waals surface area contributed by atoms with E-state index in [0.717, 1.165) is 29.9 Å². The Hall–Kier alpha value is -1.83. The van der Waals surface area contributed by atoms with Crippen LogP contribution in [0, 0.1) is 0 Å². The molecule has 1 saturated carbocycles. The summed E-state index contributed by atoms with van der Waals surface area (Å²) in [5.74, 6) is 0.482. The third kappa shape index (κ3) is 2.23. The number of hydrogen-bond acceptors (Lipinski definition) is 6. The van der Waals surface area contributed by atoms with Crippen LogP contribution in [0.4, 0.5) is 5.82 Å². The molecule has 8 heteroatoms. The van der Waals surface area contributed by atoms with Gasteiger partial charge in [-0.15, -0.1) is 5.10 Å². The fourth-order valence-electron chi connectivity index (χ4n) is 1.93. The first kappa shape index (κ1) is 12.2. The highest BCUT2D eigenvalue weighted by molar-refractivity contribution is 7.99.